The minimum absolute atomic E-state index is 0.782. The van der Waals surface area contributed by atoms with Crippen LogP contribution in [0.25, 0.3) is 0 Å². The lowest BCUT2D eigenvalue weighted by Gasteiger charge is -2.32. The first-order chi connectivity index (χ1) is 10.3. The Morgan fingerprint density at radius 2 is 2.00 bits per heavy atom. The number of nitrogens with zero attached hydrogens (tertiary/aromatic N) is 4. The molecule has 112 valence electrons. The van der Waals surface area contributed by atoms with E-state index in [2.05, 4.69) is 44.7 Å². The molecule has 2 aromatic heterocycles. The second-order valence-corrected chi connectivity index (χ2v) is 5.89. The highest BCUT2D eigenvalue weighted by Crippen LogP contribution is 2.21. The van der Waals surface area contributed by atoms with Gasteiger partial charge in [-0.15, -0.1) is 0 Å². The van der Waals surface area contributed by atoms with Gasteiger partial charge in [-0.25, -0.2) is 4.98 Å². The maximum atomic E-state index is 4.42. The van der Waals surface area contributed by atoms with Gasteiger partial charge in [0.15, 0.2) is 0 Å². The highest BCUT2D eigenvalue weighted by atomic mass is 15.1. The smallest absolute Gasteiger partial charge is 0.108 e. The Bertz CT molecular complexity index is 541. The molecule has 4 heteroatoms. The normalized spacial score (nSPS) is 17.2. The summed E-state index contributed by atoms with van der Waals surface area (Å²) in [7, 11) is 0. The van der Waals surface area contributed by atoms with Gasteiger partial charge in [-0.2, -0.15) is 0 Å². The summed E-state index contributed by atoms with van der Waals surface area (Å²) in [6.45, 7) is 6.64. The molecule has 0 N–H and O–H groups in total. The molecule has 0 amide bonds. The van der Waals surface area contributed by atoms with E-state index in [1.54, 1.807) is 0 Å². The molecule has 21 heavy (non-hydrogen) atoms. The summed E-state index contributed by atoms with van der Waals surface area (Å²) in [4.78, 5) is 11.4. The lowest BCUT2D eigenvalue weighted by atomic mass is 9.96. The minimum Gasteiger partial charge on any atom is -0.335 e. The fraction of sp³-hybridized carbons (Fsp3) is 0.529. The number of aromatic nitrogens is 3. The van der Waals surface area contributed by atoms with Gasteiger partial charge in [-0.05, 0) is 44.0 Å². The minimum atomic E-state index is 0.782. The molecule has 0 aliphatic carbocycles. The molecule has 1 aliphatic rings. The molecule has 0 bridgehead atoms. The summed E-state index contributed by atoms with van der Waals surface area (Å²) in [5.41, 5.74) is 1.18. The van der Waals surface area contributed by atoms with Crippen molar-refractivity contribution in [2.75, 3.05) is 13.1 Å². The van der Waals surface area contributed by atoms with Crippen molar-refractivity contribution in [3.63, 3.8) is 0 Å². The second-order valence-electron chi connectivity index (χ2n) is 5.89. The Morgan fingerprint density at radius 1 is 1.14 bits per heavy atom. The van der Waals surface area contributed by atoms with E-state index in [9.17, 15) is 0 Å². The molecular formula is C17H24N4. The number of hydrogen-bond donors (Lipinski definition) is 0. The number of rotatable bonds is 5. The first kappa shape index (κ1) is 14.3. The van der Waals surface area contributed by atoms with E-state index in [-0.39, 0.29) is 0 Å². The molecule has 3 heterocycles. The molecule has 1 saturated heterocycles. The molecule has 0 aromatic carbocycles. The fourth-order valence-electron chi connectivity index (χ4n) is 3.15. The van der Waals surface area contributed by atoms with Gasteiger partial charge in [-0.1, -0.05) is 13.0 Å². The first-order valence-corrected chi connectivity index (χ1v) is 7.97. The van der Waals surface area contributed by atoms with E-state index in [0.717, 1.165) is 25.4 Å². The van der Waals surface area contributed by atoms with Crippen molar-refractivity contribution in [1.82, 2.24) is 19.4 Å². The molecule has 1 fully saturated rings. The van der Waals surface area contributed by atoms with Crippen molar-refractivity contribution in [3.8, 4) is 0 Å². The van der Waals surface area contributed by atoms with Crippen molar-refractivity contribution in [2.45, 2.75) is 39.3 Å². The Labute approximate surface area is 126 Å². The lowest BCUT2D eigenvalue weighted by Crippen LogP contribution is -2.34. The van der Waals surface area contributed by atoms with E-state index in [4.69, 9.17) is 0 Å². The van der Waals surface area contributed by atoms with Gasteiger partial charge < -0.3 is 4.57 Å². The van der Waals surface area contributed by atoms with Crippen LogP contribution in [0.1, 0.15) is 31.3 Å². The topological polar surface area (TPSA) is 34.0 Å². The van der Waals surface area contributed by atoms with Crippen molar-refractivity contribution < 1.29 is 0 Å². The average molecular weight is 284 g/mol. The van der Waals surface area contributed by atoms with E-state index in [1.165, 1.54) is 37.4 Å². The summed E-state index contributed by atoms with van der Waals surface area (Å²) in [5.74, 6) is 2.00. The standard InChI is InChI=1S/C17H24N4/c1-2-17-19-9-12-21(17)13-15-6-10-20(11-7-15)14-16-5-3-4-8-18-16/h3-5,8-9,12,15H,2,6-7,10-11,13-14H2,1H3. The molecule has 0 atom stereocenters. The molecule has 0 unspecified atom stereocenters. The summed E-state index contributed by atoms with van der Waals surface area (Å²) in [6.07, 6.45) is 9.50. The number of piperidine rings is 1. The number of likely N-dealkylation sites (tertiary alicyclic amines) is 1. The van der Waals surface area contributed by atoms with Crippen LogP contribution >= 0.6 is 0 Å². The van der Waals surface area contributed by atoms with Crippen LogP contribution in [0.4, 0.5) is 0 Å². The fourth-order valence-corrected chi connectivity index (χ4v) is 3.15. The molecule has 1 aliphatic heterocycles. The highest BCUT2D eigenvalue weighted by Gasteiger charge is 2.20. The predicted octanol–water partition coefficient (Wildman–Crippen LogP) is 2.75. The monoisotopic (exact) mass is 284 g/mol. The van der Waals surface area contributed by atoms with Crippen LogP contribution in [0.5, 0.6) is 0 Å². The Balaban J connectivity index is 1.49. The molecule has 3 rings (SSSR count). The summed E-state index contributed by atoms with van der Waals surface area (Å²) >= 11 is 0. The molecule has 0 spiro atoms. The van der Waals surface area contributed by atoms with Gasteiger partial charge in [-0.3, -0.25) is 9.88 Å². The molecule has 0 radical (unpaired) electrons. The van der Waals surface area contributed by atoms with Crippen LogP contribution in [-0.2, 0) is 19.5 Å². The Hall–Kier alpha value is -1.68. The number of pyridine rings is 1. The van der Waals surface area contributed by atoms with Crippen molar-refractivity contribution in [3.05, 3.63) is 48.3 Å². The van der Waals surface area contributed by atoms with Crippen molar-refractivity contribution in [2.24, 2.45) is 5.92 Å². The number of hydrogen-bond acceptors (Lipinski definition) is 3. The van der Waals surface area contributed by atoms with Gasteiger partial charge in [0.05, 0.1) is 5.69 Å². The van der Waals surface area contributed by atoms with E-state index in [1.807, 2.05) is 18.5 Å². The zero-order valence-corrected chi connectivity index (χ0v) is 12.8. The lowest BCUT2D eigenvalue weighted by molar-refractivity contribution is 0.165. The van der Waals surface area contributed by atoms with E-state index < -0.39 is 0 Å². The highest BCUT2D eigenvalue weighted by molar-refractivity contribution is 5.03. The molecular weight excluding hydrogens is 260 g/mol. The number of aryl methyl sites for hydroxylation is 1. The summed E-state index contributed by atoms with van der Waals surface area (Å²) in [6, 6.07) is 6.16. The van der Waals surface area contributed by atoms with E-state index in [0.29, 0.717) is 0 Å². The van der Waals surface area contributed by atoms with Crippen LogP contribution < -0.4 is 0 Å². The second kappa shape index (κ2) is 6.85. The van der Waals surface area contributed by atoms with Gasteiger partial charge in [0.25, 0.3) is 0 Å². The van der Waals surface area contributed by atoms with Crippen molar-refractivity contribution in [1.29, 1.82) is 0 Å². The molecule has 2 aromatic rings. The molecule has 0 saturated carbocycles. The third-order valence-electron chi connectivity index (χ3n) is 4.39. The molecule has 4 nitrogen and oxygen atoms in total. The van der Waals surface area contributed by atoms with Crippen LogP contribution in [-0.4, -0.2) is 32.5 Å². The maximum Gasteiger partial charge on any atom is 0.108 e. The predicted molar refractivity (Wildman–Crippen MR) is 83.8 cm³/mol. The average Bonchev–Trinajstić information content (AvgIpc) is 2.97. The number of imidazole rings is 1. The Kier molecular flexibility index (Phi) is 4.65. The van der Waals surface area contributed by atoms with Gasteiger partial charge in [0.1, 0.15) is 5.82 Å². The SMILES string of the molecule is CCc1nccn1CC1CCN(Cc2ccccn2)CC1. The Morgan fingerprint density at radius 3 is 2.71 bits per heavy atom. The van der Waals surface area contributed by atoms with Crippen LogP contribution in [0.2, 0.25) is 0 Å². The van der Waals surface area contributed by atoms with Gasteiger partial charge in [0.2, 0.25) is 0 Å². The van der Waals surface area contributed by atoms with Gasteiger partial charge in [0, 0.05) is 38.1 Å². The first-order valence-electron chi connectivity index (χ1n) is 7.97. The summed E-state index contributed by atoms with van der Waals surface area (Å²) in [5, 5.41) is 0. The van der Waals surface area contributed by atoms with E-state index >= 15 is 0 Å². The maximum absolute atomic E-state index is 4.42. The zero-order chi connectivity index (χ0) is 14.5. The summed E-state index contributed by atoms with van der Waals surface area (Å²) < 4.78 is 2.33. The third kappa shape index (κ3) is 3.70. The van der Waals surface area contributed by atoms with Crippen molar-refractivity contribution >= 4 is 0 Å². The quantitative estimate of drug-likeness (QED) is 0.846. The van der Waals surface area contributed by atoms with Crippen LogP contribution in [0.3, 0.4) is 0 Å². The largest absolute Gasteiger partial charge is 0.335 e. The van der Waals surface area contributed by atoms with Crippen LogP contribution in [0.15, 0.2) is 36.8 Å². The zero-order valence-electron chi connectivity index (χ0n) is 12.8. The van der Waals surface area contributed by atoms with Crippen LogP contribution in [0, 0.1) is 5.92 Å². The van der Waals surface area contributed by atoms with Gasteiger partial charge >= 0.3 is 0 Å². The third-order valence-corrected chi connectivity index (χ3v) is 4.39.